The SMILES string of the molecule is O=C(CCc1ccco1)NCc1nc(CN2CCOCC2)cs1. The maximum atomic E-state index is 11.8. The van der Waals surface area contributed by atoms with Crippen LogP contribution in [0.25, 0.3) is 0 Å². The van der Waals surface area contributed by atoms with Gasteiger partial charge in [-0.05, 0) is 12.1 Å². The fraction of sp³-hybridized carbons (Fsp3) is 0.500. The maximum absolute atomic E-state index is 11.8. The minimum atomic E-state index is 0.0197. The van der Waals surface area contributed by atoms with Crippen molar-refractivity contribution in [3.8, 4) is 0 Å². The number of amides is 1. The van der Waals surface area contributed by atoms with Gasteiger partial charge in [0.2, 0.25) is 5.91 Å². The summed E-state index contributed by atoms with van der Waals surface area (Å²) in [5.74, 6) is 0.855. The summed E-state index contributed by atoms with van der Waals surface area (Å²) in [6, 6.07) is 3.71. The van der Waals surface area contributed by atoms with Crippen LogP contribution in [0.3, 0.4) is 0 Å². The van der Waals surface area contributed by atoms with Crippen LogP contribution in [-0.4, -0.2) is 42.1 Å². The number of morpholine rings is 1. The highest BCUT2D eigenvalue weighted by atomic mass is 32.1. The Bertz CT molecular complexity index is 606. The number of carbonyl (C=O) groups excluding carboxylic acids is 1. The van der Waals surface area contributed by atoms with Gasteiger partial charge in [-0.3, -0.25) is 9.69 Å². The van der Waals surface area contributed by atoms with E-state index in [9.17, 15) is 4.79 Å². The highest BCUT2D eigenvalue weighted by Gasteiger charge is 2.13. The maximum Gasteiger partial charge on any atom is 0.220 e. The predicted octanol–water partition coefficient (Wildman–Crippen LogP) is 1.82. The summed E-state index contributed by atoms with van der Waals surface area (Å²) in [4.78, 5) is 18.8. The summed E-state index contributed by atoms with van der Waals surface area (Å²) in [5, 5.41) is 5.93. The Hall–Kier alpha value is -1.70. The Morgan fingerprint density at radius 1 is 1.39 bits per heavy atom. The molecule has 3 heterocycles. The van der Waals surface area contributed by atoms with Crippen molar-refractivity contribution >= 4 is 17.2 Å². The van der Waals surface area contributed by atoms with Crippen molar-refractivity contribution in [3.63, 3.8) is 0 Å². The average Bonchev–Trinajstić information content (AvgIpc) is 3.24. The van der Waals surface area contributed by atoms with E-state index < -0.39 is 0 Å². The van der Waals surface area contributed by atoms with Crippen molar-refractivity contribution in [1.29, 1.82) is 0 Å². The van der Waals surface area contributed by atoms with Gasteiger partial charge in [0.15, 0.2) is 0 Å². The summed E-state index contributed by atoms with van der Waals surface area (Å²) in [7, 11) is 0. The molecule has 23 heavy (non-hydrogen) atoms. The lowest BCUT2D eigenvalue weighted by Crippen LogP contribution is -2.35. The zero-order valence-electron chi connectivity index (χ0n) is 13.0. The minimum Gasteiger partial charge on any atom is -0.469 e. The van der Waals surface area contributed by atoms with Gasteiger partial charge in [-0.25, -0.2) is 4.98 Å². The summed E-state index contributed by atoms with van der Waals surface area (Å²) in [5.41, 5.74) is 1.07. The minimum absolute atomic E-state index is 0.0197. The van der Waals surface area contributed by atoms with Gasteiger partial charge in [0.25, 0.3) is 0 Å². The first kappa shape index (κ1) is 16.2. The van der Waals surface area contributed by atoms with Crippen molar-refractivity contribution in [3.05, 3.63) is 40.2 Å². The van der Waals surface area contributed by atoms with Crippen LogP contribution in [0.15, 0.2) is 28.2 Å². The van der Waals surface area contributed by atoms with E-state index in [1.807, 2.05) is 12.1 Å². The predicted molar refractivity (Wildman–Crippen MR) is 87.1 cm³/mol. The van der Waals surface area contributed by atoms with E-state index in [4.69, 9.17) is 9.15 Å². The number of carbonyl (C=O) groups is 1. The number of thiazole rings is 1. The Kier molecular flexibility index (Phi) is 5.79. The van der Waals surface area contributed by atoms with Crippen LogP contribution in [-0.2, 0) is 29.0 Å². The monoisotopic (exact) mass is 335 g/mol. The number of aromatic nitrogens is 1. The zero-order valence-corrected chi connectivity index (χ0v) is 13.8. The molecule has 1 amide bonds. The van der Waals surface area contributed by atoms with Gasteiger partial charge in [-0.1, -0.05) is 0 Å². The smallest absolute Gasteiger partial charge is 0.220 e. The molecule has 1 aliphatic heterocycles. The average molecular weight is 335 g/mol. The van der Waals surface area contributed by atoms with Crippen LogP contribution in [0.5, 0.6) is 0 Å². The van der Waals surface area contributed by atoms with E-state index >= 15 is 0 Å². The molecule has 1 N–H and O–H groups in total. The molecule has 1 saturated heterocycles. The van der Waals surface area contributed by atoms with Gasteiger partial charge in [0.05, 0.1) is 31.7 Å². The molecule has 0 saturated carbocycles. The Morgan fingerprint density at radius 2 is 2.26 bits per heavy atom. The lowest BCUT2D eigenvalue weighted by Gasteiger charge is -2.25. The summed E-state index contributed by atoms with van der Waals surface area (Å²) < 4.78 is 10.6. The van der Waals surface area contributed by atoms with Gasteiger partial charge in [-0.2, -0.15) is 0 Å². The van der Waals surface area contributed by atoms with Crippen molar-refractivity contribution in [1.82, 2.24) is 15.2 Å². The molecule has 0 bridgehead atoms. The fourth-order valence-corrected chi connectivity index (χ4v) is 3.17. The van der Waals surface area contributed by atoms with E-state index in [-0.39, 0.29) is 5.91 Å². The second-order valence-electron chi connectivity index (χ2n) is 5.48. The van der Waals surface area contributed by atoms with Gasteiger partial charge < -0.3 is 14.5 Å². The molecular formula is C16H21N3O3S. The molecule has 0 unspecified atom stereocenters. The number of nitrogens with one attached hydrogen (secondary N) is 1. The molecule has 1 aliphatic rings. The van der Waals surface area contributed by atoms with Crippen molar-refractivity contribution < 1.29 is 13.9 Å². The van der Waals surface area contributed by atoms with Crippen molar-refractivity contribution in [2.45, 2.75) is 25.9 Å². The molecule has 124 valence electrons. The lowest BCUT2D eigenvalue weighted by molar-refractivity contribution is -0.121. The first-order valence-corrected chi connectivity index (χ1v) is 8.70. The molecule has 0 radical (unpaired) electrons. The number of furan rings is 1. The largest absolute Gasteiger partial charge is 0.469 e. The standard InChI is InChI=1S/C16H21N3O3S/c20-15(4-3-14-2-1-7-22-14)17-10-16-18-13(12-23-16)11-19-5-8-21-9-6-19/h1-2,7,12H,3-6,8-11H2,(H,17,20). The molecule has 2 aromatic heterocycles. The van der Waals surface area contributed by atoms with Crippen LogP contribution >= 0.6 is 11.3 Å². The Labute approximate surface area is 139 Å². The first-order chi connectivity index (χ1) is 11.3. The van der Waals surface area contributed by atoms with Gasteiger partial charge in [-0.15, -0.1) is 11.3 Å². The summed E-state index contributed by atoms with van der Waals surface area (Å²) in [6.07, 6.45) is 2.68. The second-order valence-corrected chi connectivity index (χ2v) is 6.42. The molecule has 2 aromatic rings. The molecule has 0 atom stereocenters. The molecule has 7 heteroatoms. The molecule has 3 rings (SSSR count). The van der Waals surface area contributed by atoms with E-state index in [1.165, 1.54) is 0 Å². The van der Waals surface area contributed by atoms with Crippen LogP contribution in [0.2, 0.25) is 0 Å². The third-order valence-corrected chi connectivity index (χ3v) is 4.60. The van der Waals surface area contributed by atoms with Crippen LogP contribution in [0.4, 0.5) is 0 Å². The quantitative estimate of drug-likeness (QED) is 0.836. The topological polar surface area (TPSA) is 67.6 Å². The third kappa shape index (κ3) is 5.16. The molecule has 0 aromatic carbocycles. The first-order valence-electron chi connectivity index (χ1n) is 7.82. The highest BCUT2D eigenvalue weighted by molar-refractivity contribution is 7.09. The Morgan fingerprint density at radius 3 is 3.04 bits per heavy atom. The molecular weight excluding hydrogens is 314 g/mol. The number of rotatable bonds is 7. The van der Waals surface area contributed by atoms with E-state index in [0.717, 1.165) is 49.3 Å². The lowest BCUT2D eigenvalue weighted by atomic mass is 10.2. The normalized spacial score (nSPS) is 15.7. The van der Waals surface area contributed by atoms with Crippen LogP contribution in [0.1, 0.15) is 22.9 Å². The molecule has 6 nitrogen and oxygen atoms in total. The molecule has 0 aliphatic carbocycles. The van der Waals surface area contributed by atoms with Gasteiger partial charge >= 0.3 is 0 Å². The zero-order chi connectivity index (χ0) is 15.9. The van der Waals surface area contributed by atoms with Crippen LogP contribution < -0.4 is 5.32 Å². The molecule has 0 spiro atoms. The van der Waals surface area contributed by atoms with Gasteiger partial charge in [0.1, 0.15) is 10.8 Å². The number of hydrogen-bond donors (Lipinski definition) is 1. The number of nitrogens with zero attached hydrogens (tertiary/aromatic N) is 2. The second kappa shape index (κ2) is 8.24. The number of hydrogen-bond acceptors (Lipinski definition) is 6. The number of ether oxygens (including phenoxy) is 1. The van der Waals surface area contributed by atoms with E-state index in [0.29, 0.717) is 19.4 Å². The number of aryl methyl sites for hydroxylation is 1. The van der Waals surface area contributed by atoms with Crippen LogP contribution in [0, 0.1) is 0 Å². The third-order valence-electron chi connectivity index (χ3n) is 3.70. The summed E-state index contributed by atoms with van der Waals surface area (Å²) >= 11 is 1.59. The van der Waals surface area contributed by atoms with Crippen molar-refractivity contribution in [2.24, 2.45) is 0 Å². The molecule has 1 fully saturated rings. The Balaban J connectivity index is 1.39. The summed E-state index contributed by atoms with van der Waals surface area (Å²) in [6.45, 7) is 4.84. The van der Waals surface area contributed by atoms with Crippen molar-refractivity contribution in [2.75, 3.05) is 26.3 Å². The van der Waals surface area contributed by atoms with E-state index in [1.54, 1.807) is 17.6 Å². The fourth-order valence-electron chi connectivity index (χ4n) is 2.45. The highest BCUT2D eigenvalue weighted by Crippen LogP contribution is 2.13. The van der Waals surface area contributed by atoms with Gasteiger partial charge in [0, 0.05) is 37.9 Å². The van der Waals surface area contributed by atoms with E-state index in [2.05, 4.69) is 20.6 Å².